The highest BCUT2D eigenvalue weighted by molar-refractivity contribution is 6.24. The minimum absolute atomic E-state index is 0.0457. The summed E-state index contributed by atoms with van der Waals surface area (Å²) in [5.41, 5.74) is 3.75. The number of aliphatic hydroxyl groups excluding tert-OH is 2. The number of ketones is 1. The Morgan fingerprint density at radius 3 is 2.61 bits per heavy atom. The highest BCUT2D eigenvalue weighted by Gasteiger charge is 2.77. The average molecular weight is 427 g/mol. The number of carbonyl (C=O) groups excluding carboxylic acids is 1. The van der Waals surface area contributed by atoms with Gasteiger partial charge in [0.15, 0.2) is 17.3 Å². The largest absolute Gasteiger partial charge is 0.504 e. The molecule has 7 nitrogen and oxygen atoms in total. The van der Waals surface area contributed by atoms with Crippen molar-refractivity contribution >= 4 is 11.4 Å². The second kappa shape index (κ2) is 6.89. The lowest BCUT2D eigenvalue weighted by molar-refractivity contribution is -0.254. The van der Waals surface area contributed by atoms with E-state index in [0.29, 0.717) is 47.7 Å². The maximum absolute atomic E-state index is 13.7. The third-order valence-corrected chi connectivity index (χ3v) is 6.60. The van der Waals surface area contributed by atoms with Crippen molar-refractivity contribution in [2.45, 2.75) is 46.3 Å². The van der Waals surface area contributed by atoms with Gasteiger partial charge in [0.2, 0.25) is 0 Å². The number of hydrogen-bond acceptors (Lipinski definition) is 7. The Bertz CT molecular complexity index is 1030. The molecule has 1 saturated carbocycles. The van der Waals surface area contributed by atoms with Crippen molar-refractivity contribution in [3.8, 4) is 0 Å². The monoisotopic (exact) mass is 427 g/mol. The van der Waals surface area contributed by atoms with Crippen LogP contribution < -0.4 is 0 Å². The van der Waals surface area contributed by atoms with Crippen LogP contribution in [0.2, 0.25) is 0 Å². The van der Waals surface area contributed by atoms with E-state index in [1.165, 1.54) is 0 Å². The molecular weight excluding hydrogens is 398 g/mol. The van der Waals surface area contributed by atoms with Gasteiger partial charge in [0.05, 0.1) is 42.9 Å². The summed E-state index contributed by atoms with van der Waals surface area (Å²) in [7, 11) is 0. The predicted octanol–water partition coefficient (Wildman–Crippen LogP) is 3.10. The van der Waals surface area contributed by atoms with Crippen LogP contribution in [0, 0.1) is 24.2 Å². The molecule has 0 aromatic carbocycles. The van der Waals surface area contributed by atoms with Gasteiger partial charge < -0.3 is 24.4 Å². The number of aryl methyl sites for hydroxylation is 2. The van der Waals surface area contributed by atoms with E-state index in [1.54, 1.807) is 0 Å². The van der Waals surface area contributed by atoms with E-state index in [-0.39, 0.29) is 36.1 Å². The molecule has 1 aliphatic heterocycles. The van der Waals surface area contributed by atoms with Crippen LogP contribution in [-0.2, 0) is 20.6 Å². The Hall–Kier alpha value is -2.22. The van der Waals surface area contributed by atoms with E-state index in [4.69, 9.17) is 14.2 Å². The Balaban J connectivity index is 1.66. The summed E-state index contributed by atoms with van der Waals surface area (Å²) in [6.07, 6.45) is 1.56. The van der Waals surface area contributed by atoms with Gasteiger partial charge in [-0.25, -0.2) is 0 Å². The third-order valence-electron chi connectivity index (χ3n) is 6.60. The maximum Gasteiger partial charge on any atom is 0.192 e. The first kappa shape index (κ1) is 20.7. The summed E-state index contributed by atoms with van der Waals surface area (Å²) in [4.78, 5) is 18.3. The van der Waals surface area contributed by atoms with Crippen molar-refractivity contribution in [3.63, 3.8) is 0 Å². The summed E-state index contributed by atoms with van der Waals surface area (Å²) in [6.45, 7) is 8.92. The molecule has 2 fully saturated rings. The van der Waals surface area contributed by atoms with Crippen LogP contribution in [0.4, 0.5) is 0 Å². The number of pyridine rings is 1. The van der Waals surface area contributed by atoms with Crippen molar-refractivity contribution in [1.29, 1.82) is 0 Å². The summed E-state index contributed by atoms with van der Waals surface area (Å²) in [6, 6.07) is 1.86. The molecule has 166 valence electrons. The quantitative estimate of drug-likeness (QED) is 0.745. The number of fused-ring (bicyclic) bond motifs is 6. The van der Waals surface area contributed by atoms with Crippen molar-refractivity contribution in [2.75, 3.05) is 26.4 Å². The van der Waals surface area contributed by atoms with Gasteiger partial charge >= 0.3 is 0 Å². The van der Waals surface area contributed by atoms with Gasteiger partial charge in [-0.15, -0.1) is 0 Å². The summed E-state index contributed by atoms with van der Waals surface area (Å²) < 4.78 is 18.3. The van der Waals surface area contributed by atoms with Crippen LogP contribution >= 0.6 is 0 Å². The molecule has 1 aromatic heterocycles. The number of rotatable bonds is 5. The topological polar surface area (TPSA) is 98.1 Å². The second-order valence-electron chi connectivity index (χ2n) is 9.70. The Kier molecular flexibility index (Phi) is 4.59. The van der Waals surface area contributed by atoms with Crippen molar-refractivity contribution in [2.24, 2.45) is 17.3 Å². The number of Topliss-reactive ketones (excluding diaryl/α,β-unsaturated/α-hetero) is 1. The van der Waals surface area contributed by atoms with E-state index in [1.807, 2.05) is 13.0 Å². The number of aromatic nitrogens is 1. The van der Waals surface area contributed by atoms with Gasteiger partial charge in [-0.05, 0) is 19.4 Å². The summed E-state index contributed by atoms with van der Waals surface area (Å²) in [5.74, 6) is -1.59. The molecule has 0 unspecified atom stereocenters. The number of aliphatic hydroxyl groups is 2. The number of nitrogens with zero attached hydrogens (tertiary/aromatic N) is 1. The first-order valence-corrected chi connectivity index (χ1v) is 11.0. The average Bonchev–Trinajstić information content (AvgIpc) is 3.25. The lowest BCUT2D eigenvalue weighted by Crippen LogP contribution is -2.41. The molecule has 3 aliphatic carbocycles. The van der Waals surface area contributed by atoms with Crippen LogP contribution in [0.3, 0.4) is 0 Å². The number of ether oxygens (including phenoxy) is 3. The highest BCUT2D eigenvalue weighted by atomic mass is 16.7. The first-order chi connectivity index (χ1) is 14.8. The fourth-order valence-corrected chi connectivity index (χ4v) is 5.24. The molecule has 0 radical (unpaired) electrons. The Morgan fingerprint density at radius 1 is 1.26 bits per heavy atom. The minimum Gasteiger partial charge on any atom is -0.504 e. The van der Waals surface area contributed by atoms with Crippen LogP contribution in [0.25, 0.3) is 5.57 Å². The molecular formula is C24H29NO6. The third kappa shape index (κ3) is 2.83. The van der Waals surface area contributed by atoms with Crippen LogP contribution in [-0.4, -0.2) is 53.2 Å². The standard InChI is InChI=1S/C24H29NO6/c1-5-6-14-15-13(9-12(2)25-14)16-17(20(15)27)18-19(22(21(16)28)29-8-7-26)24(18)30-10-23(3,4)11-31-24/h9,18-19,26,28H,5-8,10-11H2,1-4H3/t18-,19-/m1/s1. The van der Waals surface area contributed by atoms with Gasteiger partial charge in [-0.2, -0.15) is 0 Å². The molecule has 0 amide bonds. The molecule has 5 rings (SSSR count). The van der Waals surface area contributed by atoms with E-state index >= 15 is 0 Å². The van der Waals surface area contributed by atoms with Crippen LogP contribution in [0.5, 0.6) is 0 Å². The lowest BCUT2D eigenvalue weighted by atomic mass is 9.94. The smallest absolute Gasteiger partial charge is 0.192 e. The van der Waals surface area contributed by atoms with Gasteiger partial charge in [0.1, 0.15) is 12.4 Å². The zero-order chi connectivity index (χ0) is 22.1. The fourth-order valence-electron chi connectivity index (χ4n) is 5.24. The van der Waals surface area contributed by atoms with E-state index in [0.717, 1.165) is 17.8 Å². The molecule has 1 aromatic rings. The first-order valence-electron chi connectivity index (χ1n) is 11.0. The molecule has 31 heavy (non-hydrogen) atoms. The maximum atomic E-state index is 13.7. The lowest BCUT2D eigenvalue weighted by Gasteiger charge is -2.36. The summed E-state index contributed by atoms with van der Waals surface area (Å²) in [5, 5.41) is 20.6. The fraction of sp³-hybridized carbons (Fsp3) is 0.583. The van der Waals surface area contributed by atoms with E-state index in [2.05, 4.69) is 25.8 Å². The molecule has 2 atom stereocenters. The normalized spacial score (nSPS) is 27.3. The van der Waals surface area contributed by atoms with E-state index in [9.17, 15) is 15.0 Å². The van der Waals surface area contributed by atoms with Crippen molar-refractivity contribution in [1.82, 2.24) is 4.98 Å². The molecule has 7 heteroatoms. The predicted molar refractivity (Wildman–Crippen MR) is 112 cm³/mol. The zero-order valence-electron chi connectivity index (χ0n) is 18.4. The zero-order valence-corrected chi connectivity index (χ0v) is 18.4. The Morgan fingerprint density at radius 2 is 1.97 bits per heavy atom. The van der Waals surface area contributed by atoms with Gasteiger partial charge in [0, 0.05) is 27.8 Å². The van der Waals surface area contributed by atoms with Gasteiger partial charge in [0.25, 0.3) is 0 Å². The van der Waals surface area contributed by atoms with Gasteiger partial charge in [-0.3, -0.25) is 9.78 Å². The molecule has 2 N–H and O–H groups in total. The summed E-state index contributed by atoms with van der Waals surface area (Å²) >= 11 is 0. The molecule has 1 saturated heterocycles. The Labute approximate surface area is 181 Å². The number of allylic oxidation sites excluding steroid dienone is 1. The van der Waals surface area contributed by atoms with Crippen LogP contribution in [0.1, 0.15) is 54.5 Å². The highest BCUT2D eigenvalue weighted by Crippen LogP contribution is 2.69. The molecule has 4 aliphatic rings. The SMILES string of the molecule is CCCc1nc(C)cc2c1C(=O)C1=C2C(O)=C(OCCO)[C@H]2[C@@H]1C21OCC(C)(C)CO1. The van der Waals surface area contributed by atoms with Crippen molar-refractivity contribution in [3.05, 3.63) is 45.7 Å². The molecule has 0 bridgehead atoms. The number of carbonyl (C=O) groups is 1. The molecule has 2 heterocycles. The molecule has 1 spiro atoms. The minimum atomic E-state index is -1.02. The van der Waals surface area contributed by atoms with Crippen molar-refractivity contribution < 1.29 is 29.2 Å². The van der Waals surface area contributed by atoms with Crippen LogP contribution in [0.15, 0.2) is 23.2 Å². The van der Waals surface area contributed by atoms with Gasteiger partial charge in [-0.1, -0.05) is 27.2 Å². The van der Waals surface area contributed by atoms with E-state index < -0.39 is 11.7 Å². The number of hydrogen-bond donors (Lipinski definition) is 2. The second-order valence-corrected chi connectivity index (χ2v) is 9.70.